The minimum Gasteiger partial charge on any atom is -0.477 e. The Morgan fingerprint density at radius 3 is 1.86 bits per heavy atom. The van der Waals surface area contributed by atoms with Gasteiger partial charge in [-0.1, -0.05) is 30.3 Å². The molecule has 116 valence electrons. The fraction of sp³-hybridized carbons (Fsp3) is 0. The highest BCUT2D eigenvalue weighted by Gasteiger charge is 2.17. The number of benzene rings is 2. The fourth-order valence-corrected chi connectivity index (χ4v) is 1.91. The van der Waals surface area contributed by atoms with E-state index in [1.807, 2.05) is 0 Å². The van der Waals surface area contributed by atoms with E-state index in [0.29, 0.717) is 0 Å². The summed E-state index contributed by atoms with van der Waals surface area (Å²) in [5.41, 5.74) is -0.674. The molecule has 0 saturated heterocycles. The first-order chi connectivity index (χ1) is 10.2. The summed E-state index contributed by atoms with van der Waals surface area (Å²) in [5, 5.41) is 18.8. The van der Waals surface area contributed by atoms with Crippen LogP contribution in [-0.2, 0) is 10.1 Å². The van der Waals surface area contributed by atoms with E-state index in [0.717, 1.165) is 6.07 Å². The van der Waals surface area contributed by atoms with E-state index >= 15 is 0 Å². The van der Waals surface area contributed by atoms with Crippen LogP contribution in [0.2, 0.25) is 0 Å². The van der Waals surface area contributed by atoms with Crippen molar-refractivity contribution >= 4 is 21.8 Å². The third kappa shape index (κ3) is 4.96. The Balaban J connectivity index is 0.000000224. The van der Waals surface area contributed by atoms with Crippen LogP contribution in [0.4, 0.5) is 5.69 Å². The molecule has 0 unspecified atom stereocenters. The summed E-state index contributed by atoms with van der Waals surface area (Å²) >= 11 is 0. The van der Waals surface area contributed by atoms with Crippen LogP contribution in [0.25, 0.3) is 0 Å². The topological polar surface area (TPSA) is 135 Å². The molecule has 0 radical (unpaired) electrons. The summed E-state index contributed by atoms with van der Waals surface area (Å²) in [5.74, 6) is -1.29. The zero-order valence-electron chi connectivity index (χ0n) is 11.0. The molecule has 0 heterocycles. The lowest BCUT2D eigenvalue weighted by atomic mass is 10.2. The van der Waals surface area contributed by atoms with Gasteiger partial charge in [0.25, 0.3) is 15.8 Å². The Morgan fingerprint density at radius 2 is 1.50 bits per heavy atom. The molecule has 0 aromatic heterocycles. The lowest BCUT2D eigenvalue weighted by Crippen LogP contribution is -2.01. The first kappa shape index (κ1) is 17.3. The number of nitro groups is 1. The minimum absolute atomic E-state index is 0.0741. The van der Waals surface area contributed by atoms with E-state index in [4.69, 9.17) is 9.66 Å². The van der Waals surface area contributed by atoms with Gasteiger partial charge in [-0.2, -0.15) is 8.42 Å². The first-order valence-electron chi connectivity index (χ1n) is 5.72. The average molecular weight is 325 g/mol. The number of para-hydroxylation sites is 1. The van der Waals surface area contributed by atoms with Gasteiger partial charge in [0.2, 0.25) is 0 Å². The third-order valence-electron chi connectivity index (χ3n) is 2.37. The normalized spacial score (nSPS) is 10.2. The predicted octanol–water partition coefficient (Wildman–Crippen LogP) is 2.23. The molecule has 0 saturated carbocycles. The average Bonchev–Trinajstić information content (AvgIpc) is 2.48. The number of hydrogen-bond donors (Lipinski definition) is 2. The van der Waals surface area contributed by atoms with Crippen LogP contribution in [-0.4, -0.2) is 29.0 Å². The molecule has 0 spiro atoms. The summed E-state index contributed by atoms with van der Waals surface area (Å²) in [6.07, 6.45) is 0. The third-order valence-corrected chi connectivity index (χ3v) is 3.24. The van der Waals surface area contributed by atoms with E-state index in [1.54, 1.807) is 18.2 Å². The molecule has 22 heavy (non-hydrogen) atoms. The van der Waals surface area contributed by atoms with E-state index in [-0.39, 0.29) is 16.1 Å². The summed E-state index contributed by atoms with van der Waals surface area (Å²) < 4.78 is 29.2. The SMILES string of the molecule is O=C(O)c1ccccc1[N+](=O)[O-].O=S(=O)(O)c1ccccc1. The van der Waals surface area contributed by atoms with Crippen molar-refractivity contribution in [2.24, 2.45) is 0 Å². The molecule has 0 bridgehead atoms. The number of nitrogens with zero attached hydrogens (tertiary/aromatic N) is 1. The van der Waals surface area contributed by atoms with Crippen molar-refractivity contribution in [3.8, 4) is 0 Å². The Morgan fingerprint density at radius 1 is 1.00 bits per heavy atom. The predicted molar refractivity (Wildman–Crippen MR) is 76.3 cm³/mol. The molecule has 0 amide bonds. The van der Waals surface area contributed by atoms with E-state index in [9.17, 15) is 23.3 Å². The van der Waals surface area contributed by atoms with Crippen LogP contribution < -0.4 is 0 Å². The van der Waals surface area contributed by atoms with Gasteiger partial charge in [0, 0.05) is 6.07 Å². The fourth-order valence-electron chi connectivity index (χ4n) is 1.41. The van der Waals surface area contributed by atoms with Gasteiger partial charge in [-0.05, 0) is 18.2 Å². The maximum absolute atomic E-state index is 10.4. The molecule has 8 nitrogen and oxygen atoms in total. The molecular formula is C13H11NO7S. The minimum atomic E-state index is -4.00. The highest BCUT2D eigenvalue weighted by molar-refractivity contribution is 7.85. The zero-order valence-corrected chi connectivity index (χ0v) is 11.8. The molecule has 0 aliphatic heterocycles. The number of rotatable bonds is 3. The quantitative estimate of drug-likeness (QED) is 0.501. The first-order valence-corrected chi connectivity index (χ1v) is 7.16. The highest BCUT2D eigenvalue weighted by Crippen LogP contribution is 2.16. The van der Waals surface area contributed by atoms with Crippen molar-refractivity contribution in [3.63, 3.8) is 0 Å². The van der Waals surface area contributed by atoms with E-state index in [2.05, 4.69) is 0 Å². The molecular weight excluding hydrogens is 314 g/mol. The van der Waals surface area contributed by atoms with E-state index in [1.165, 1.54) is 30.3 Å². The van der Waals surface area contributed by atoms with Crippen LogP contribution >= 0.6 is 0 Å². The smallest absolute Gasteiger partial charge is 0.342 e. The monoisotopic (exact) mass is 325 g/mol. The van der Waals surface area contributed by atoms with Gasteiger partial charge in [0.1, 0.15) is 5.56 Å². The van der Waals surface area contributed by atoms with E-state index < -0.39 is 21.0 Å². The lowest BCUT2D eigenvalue weighted by Gasteiger charge is -1.94. The number of hydrogen-bond acceptors (Lipinski definition) is 5. The number of nitro benzene ring substituents is 1. The molecule has 0 aliphatic rings. The van der Waals surface area contributed by atoms with Crippen molar-refractivity contribution < 1.29 is 27.8 Å². The molecule has 2 N–H and O–H groups in total. The molecule has 2 aromatic carbocycles. The molecule has 9 heteroatoms. The van der Waals surface area contributed by atoms with Crippen LogP contribution in [0.15, 0.2) is 59.5 Å². The lowest BCUT2D eigenvalue weighted by molar-refractivity contribution is -0.385. The van der Waals surface area contributed by atoms with Gasteiger partial charge < -0.3 is 5.11 Å². The van der Waals surface area contributed by atoms with Crippen molar-refractivity contribution in [1.29, 1.82) is 0 Å². The molecule has 2 aromatic rings. The molecule has 2 rings (SSSR count). The van der Waals surface area contributed by atoms with Gasteiger partial charge in [0.05, 0.1) is 9.82 Å². The van der Waals surface area contributed by atoms with Crippen molar-refractivity contribution in [3.05, 3.63) is 70.3 Å². The second-order valence-corrected chi connectivity index (χ2v) is 5.29. The number of carboxylic acids is 1. The van der Waals surface area contributed by atoms with Crippen LogP contribution in [0.1, 0.15) is 10.4 Å². The van der Waals surface area contributed by atoms with Gasteiger partial charge in [0.15, 0.2) is 0 Å². The molecule has 0 atom stereocenters. The van der Waals surface area contributed by atoms with Crippen molar-refractivity contribution in [2.75, 3.05) is 0 Å². The summed E-state index contributed by atoms with van der Waals surface area (Å²) in [4.78, 5) is 19.9. The van der Waals surface area contributed by atoms with Gasteiger partial charge in [-0.3, -0.25) is 14.7 Å². The Hall–Kier alpha value is -2.78. The van der Waals surface area contributed by atoms with Crippen LogP contribution in [0.5, 0.6) is 0 Å². The zero-order chi connectivity index (χ0) is 16.8. The standard InChI is InChI=1S/C7H5NO4.C6H6O3S/c9-7(10)5-3-1-2-4-6(5)8(11)12;7-10(8,9)6-4-2-1-3-5-6/h1-4H,(H,9,10);1-5H,(H,7,8,9). The van der Waals surface area contributed by atoms with Crippen LogP contribution in [0.3, 0.4) is 0 Å². The summed E-state index contributed by atoms with van der Waals surface area (Å²) in [6, 6.07) is 12.6. The van der Waals surface area contributed by atoms with Gasteiger partial charge in [-0.15, -0.1) is 0 Å². The largest absolute Gasteiger partial charge is 0.477 e. The molecule has 0 aliphatic carbocycles. The number of carboxylic acid groups (broad SMARTS) is 1. The van der Waals surface area contributed by atoms with Crippen LogP contribution in [0, 0.1) is 10.1 Å². The van der Waals surface area contributed by atoms with Gasteiger partial charge in [-0.25, -0.2) is 4.79 Å². The Bertz CT molecular complexity index is 739. The Labute approximate surface area is 125 Å². The number of aromatic carboxylic acids is 1. The maximum Gasteiger partial charge on any atom is 0.342 e. The summed E-state index contributed by atoms with van der Waals surface area (Å²) in [7, 11) is -4.00. The van der Waals surface area contributed by atoms with Gasteiger partial charge >= 0.3 is 5.97 Å². The Kier molecular flexibility index (Phi) is 5.72. The summed E-state index contributed by atoms with van der Waals surface area (Å²) in [6.45, 7) is 0. The second kappa shape index (κ2) is 7.29. The second-order valence-electron chi connectivity index (χ2n) is 3.87. The molecule has 0 fully saturated rings. The van der Waals surface area contributed by atoms with Crippen molar-refractivity contribution in [2.45, 2.75) is 4.90 Å². The maximum atomic E-state index is 10.4. The number of carbonyl (C=O) groups is 1. The highest BCUT2D eigenvalue weighted by atomic mass is 32.2. The van der Waals surface area contributed by atoms with Crippen molar-refractivity contribution in [1.82, 2.24) is 0 Å².